The third-order valence-electron chi connectivity index (χ3n) is 4.47. The van der Waals surface area contributed by atoms with Crippen molar-refractivity contribution in [2.75, 3.05) is 6.61 Å². The summed E-state index contributed by atoms with van der Waals surface area (Å²) in [4.78, 5) is 0. The summed E-state index contributed by atoms with van der Waals surface area (Å²) in [6.45, 7) is 2.71. The predicted molar refractivity (Wildman–Crippen MR) is 91.3 cm³/mol. The van der Waals surface area contributed by atoms with Gasteiger partial charge in [-0.15, -0.1) is 12.4 Å². The number of benzene rings is 2. The van der Waals surface area contributed by atoms with E-state index >= 15 is 0 Å². The second-order valence-corrected chi connectivity index (χ2v) is 5.70. The van der Waals surface area contributed by atoms with Gasteiger partial charge in [-0.25, -0.2) is 0 Å². The number of nitrogens with two attached hydrogens (primary N) is 1. The molecule has 2 N–H and O–H groups in total. The van der Waals surface area contributed by atoms with E-state index < -0.39 is 0 Å². The molecule has 0 aromatic heterocycles. The maximum absolute atomic E-state index is 6.62. The van der Waals surface area contributed by atoms with Crippen molar-refractivity contribution >= 4 is 23.2 Å². The smallest absolute Gasteiger partial charge is 0.124 e. The van der Waals surface area contributed by atoms with Gasteiger partial charge in [0.1, 0.15) is 5.75 Å². The number of halogens is 1. The molecule has 0 heterocycles. The fourth-order valence-corrected chi connectivity index (χ4v) is 3.45. The van der Waals surface area contributed by atoms with Crippen molar-refractivity contribution in [3.8, 4) is 5.75 Å². The zero-order valence-electron chi connectivity index (χ0n) is 12.5. The topological polar surface area (TPSA) is 35.2 Å². The lowest BCUT2D eigenvalue weighted by Crippen LogP contribution is -2.20. The van der Waals surface area contributed by atoms with Gasteiger partial charge in [-0.3, -0.25) is 0 Å². The minimum absolute atomic E-state index is 0. The summed E-state index contributed by atoms with van der Waals surface area (Å²) < 4.78 is 5.85. The van der Waals surface area contributed by atoms with E-state index in [1.54, 1.807) is 0 Å². The molecule has 114 valence electrons. The first-order valence-corrected chi connectivity index (χ1v) is 7.71. The van der Waals surface area contributed by atoms with E-state index in [0.717, 1.165) is 5.75 Å². The van der Waals surface area contributed by atoms with Crippen molar-refractivity contribution in [3.05, 3.63) is 42.0 Å². The molecule has 0 bridgehead atoms. The van der Waals surface area contributed by atoms with Crippen LogP contribution in [0.15, 0.2) is 36.4 Å². The zero-order chi connectivity index (χ0) is 13.9. The highest BCUT2D eigenvalue weighted by Crippen LogP contribution is 2.40. The maximum Gasteiger partial charge on any atom is 0.124 e. The van der Waals surface area contributed by atoms with E-state index in [-0.39, 0.29) is 18.4 Å². The number of fused-ring (bicyclic) bond motifs is 1. The summed E-state index contributed by atoms with van der Waals surface area (Å²) in [6.07, 6.45) is 5.12. The van der Waals surface area contributed by atoms with Gasteiger partial charge in [0.05, 0.1) is 6.61 Å². The van der Waals surface area contributed by atoms with Crippen LogP contribution in [0.3, 0.4) is 0 Å². The Morgan fingerprint density at radius 3 is 2.57 bits per heavy atom. The van der Waals surface area contributed by atoms with Crippen LogP contribution in [-0.2, 0) is 0 Å². The molecule has 0 aliphatic heterocycles. The molecule has 2 aromatic rings. The lowest BCUT2D eigenvalue weighted by molar-refractivity contribution is 0.328. The number of hydrogen-bond donors (Lipinski definition) is 1. The Morgan fingerprint density at radius 1 is 1.14 bits per heavy atom. The summed E-state index contributed by atoms with van der Waals surface area (Å²) >= 11 is 0. The van der Waals surface area contributed by atoms with Crippen molar-refractivity contribution in [2.45, 2.75) is 38.6 Å². The first-order valence-electron chi connectivity index (χ1n) is 7.71. The zero-order valence-corrected chi connectivity index (χ0v) is 13.4. The Hall–Kier alpha value is -1.25. The Morgan fingerprint density at radius 2 is 1.86 bits per heavy atom. The fourth-order valence-electron chi connectivity index (χ4n) is 3.45. The first-order chi connectivity index (χ1) is 9.81. The standard InChI is InChI=1S/C18H23NO.ClH/c1-2-20-16-12-11-13-7-5-6-10-15(13)17(16)18(19)14-8-3-4-9-14;/h5-7,10-12,14,18H,2-4,8-9,19H2,1H3;1H/t18-;/m1./s1. The Balaban J connectivity index is 0.00000161. The summed E-state index contributed by atoms with van der Waals surface area (Å²) in [7, 11) is 0. The molecule has 2 nitrogen and oxygen atoms in total. The minimum Gasteiger partial charge on any atom is -0.494 e. The van der Waals surface area contributed by atoms with Gasteiger partial charge in [-0.2, -0.15) is 0 Å². The SMILES string of the molecule is CCOc1ccc2ccccc2c1[C@H](N)C1CCCC1.Cl. The van der Waals surface area contributed by atoms with Crippen LogP contribution in [0.25, 0.3) is 10.8 Å². The van der Waals surface area contributed by atoms with Gasteiger partial charge in [0.15, 0.2) is 0 Å². The van der Waals surface area contributed by atoms with E-state index in [4.69, 9.17) is 10.5 Å². The predicted octanol–water partition coefficient (Wildman–Crippen LogP) is 4.85. The molecule has 3 heteroatoms. The molecule has 1 aliphatic rings. The van der Waals surface area contributed by atoms with Crippen LogP contribution in [0.1, 0.15) is 44.2 Å². The van der Waals surface area contributed by atoms with Gasteiger partial charge in [0, 0.05) is 11.6 Å². The van der Waals surface area contributed by atoms with E-state index in [2.05, 4.69) is 36.4 Å². The summed E-state index contributed by atoms with van der Waals surface area (Å²) in [5.41, 5.74) is 7.82. The van der Waals surface area contributed by atoms with Crippen molar-refractivity contribution in [1.82, 2.24) is 0 Å². The molecule has 1 saturated carbocycles. The second kappa shape index (κ2) is 7.15. The third kappa shape index (κ3) is 3.17. The highest BCUT2D eigenvalue weighted by molar-refractivity contribution is 5.88. The average molecular weight is 306 g/mol. The number of ether oxygens (including phenoxy) is 1. The second-order valence-electron chi connectivity index (χ2n) is 5.70. The Labute approximate surface area is 133 Å². The largest absolute Gasteiger partial charge is 0.494 e. The van der Waals surface area contributed by atoms with Crippen molar-refractivity contribution in [1.29, 1.82) is 0 Å². The van der Waals surface area contributed by atoms with Gasteiger partial charge >= 0.3 is 0 Å². The Bertz CT molecular complexity index is 593. The molecule has 0 radical (unpaired) electrons. The van der Waals surface area contributed by atoms with Gasteiger partial charge < -0.3 is 10.5 Å². The summed E-state index contributed by atoms with van der Waals surface area (Å²) in [5, 5.41) is 2.50. The quantitative estimate of drug-likeness (QED) is 0.876. The van der Waals surface area contributed by atoms with Gasteiger partial charge in [-0.1, -0.05) is 43.2 Å². The van der Waals surface area contributed by atoms with Gasteiger partial charge in [0.25, 0.3) is 0 Å². The molecule has 0 spiro atoms. The number of hydrogen-bond acceptors (Lipinski definition) is 2. The van der Waals surface area contributed by atoms with E-state index in [1.807, 2.05) is 6.92 Å². The van der Waals surface area contributed by atoms with Crippen LogP contribution < -0.4 is 10.5 Å². The molecule has 1 fully saturated rings. The lowest BCUT2D eigenvalue weighted by atomic mass is 9.88. The van der Waals surface area contributed by atoms with Crippen molar-refractivity contribution in [2.24, 2.45) is 11.7 Å². The molecule has 1 atom stereocenters. The molecule has 0 amide bonds. The first kappa shape index (κ1) is 16.1. The van der Waals surface area contributed by atoms with Crippen LogP contribution >= 0.6 is 12.4 Å². The summed E-state index contributed by atoms with van der Waals surface area (Å²) in [6, 6.07) is 12.8. The van der Waals surface area contributed by atoms with Crippen LogP contribution in [0.5, 0.6) is 5.75 Å². The van der Waals surface area contributed by atoms with Gasteiger partial charge in [0.2, 0.25) is 0 Å². The van der Waals surface area contributed by atoms with Crippen LogP contribution in [0.4, 0.5) is 0 Å². The molecule has 1 aliphatic carbocycles. The van der Waals surface area contributed by atoms with Crippen LogP contribution in [0, 0.1) is 5.92 Å². The molecule has 2 aromatic carbocycles. The van der Waals surface area contributed by atoms with Crippen LogP contribution in [-0.4, -0.2) is 6.61 Å². The minimum atomic E-state index is 0. The normalized spacial score (nSPS) is 16.7. The average Bonchev–Trinajstić information content (AvgIpc) is 3.01. The fraction of sp³-hybridized carbons (Fsp3) is 0.444. The van der Waals surface area contributed by atoms with Crippen molar-refractivity contribution in [3.63, 3.8) is 0 Å². The Kier molecular flexibility index (Phi) is 5.49. The lowest BCUT2D eigenvalue weighted by Gasteiger charge is -2.23. The number of rotatable bonds is 4. The van der Waals surface area contributed by atoms with E-state index in [0.29, 0.717) is 12.5 Å². The highest BCUT2D eigenvalue weighted by Gasteiger charge is 2.26. The molecule has 0 unspecified atom stereocenters. The molecule has 21 heavy (non-hydrogen) atoms. The molecular weight excluding hydrogens is 282 g/mol. The van der Waals surface area contributed by atoms with Crippen molar-refractivity contribution < 1.29 is 4.74 Å². The van der Waals surface area contributed by atoms with E-state index in [1.165, 1.54) is 42.0 Å². The molecule has 3 rings (SSSR count). The third-order valence-corrected chi connectivity index (χ3v) is 4.47. The molecular formula is C18H24ClNO. The van der Waals surface area contributed by atoms with Gasteiger partial charge in [-0.05, 0) is 42.5 Å². The van der Waals surface area contributed by atoms with Crippen LogP contribution in [0.2, 0.25) is 0 Å². The maximum atomic E-state index is 6.62. The molecule has 0 saturated heterocycles. The summed E-state index contributed by atoms with van der Waals surface area (Å²) in [5.74, 6) is 1.56. The highest BCUT2D eigenvalue weighted by atomic mass is 35.5. The monoisotopic (exact) mass is 305 g/mol. The van der Waals surface area contributed by atoms with E-state index in [9.17, 15) is 0 Å².